The largest absolute Gasteiger partial charge is 0.377 e. The molecule has 0 aliphatic heterocycles. The molecule has 8 nitrogen and oxygen atoms in total. The zero-order chi connectivity index (χ0) is 17.4. The maximum atomic E-state index is 12.3. The summed E-state index contributed by atoms with van der Waals surface area (Å²) in [7, 11) is 0. The lowest BCUT2D eigenvalue weighted by atomic mass is 10.1. The maximum absolute atomic E-state index is 12.3. The number of nitro benzene ring substituents is 1. The number of amides is 1. The Labute approximate surface area is 146 Å². The molecule has 0 spiro atoms. The number of carbonyl (C=O) groups is 1. The Balaban J connectivity index is 1.47. The molecule has 1 aliphatic carbocycles. The Morgan fingerprint density at radius 2 is 2.28 bits per heavy atom. The van der Waals surface area contributed by atoms with E-state index in [1.807, 2.05) is 22.2 Å². The smallest absolute Gasteiger partial charge is 0.293 e. The van der Waals surface area contributed by atoms with Crippen LogP contribution in [-0.4, -0.2) is 26.3 Å². The molecule has 1 aliphatic rings. The van der Waals surface area contributed by atoms with Crippen LogP contribution in [0.2, 0.25) is 0 Å². The van der Waals surface area contributed by atoms with Crippen LogP contribution in [0.5, 0.6) is 0 Å². The normalized spacial score (nSPS) is 13.8. The molecule has 4 rings (SSSR count). The van der Waals surface area contributed by atoms with Crippen molar-refractivity contribution in [3.05, 3.63) is 57.3 Å². The minimum atomic E-state index is -0.467. The van der Waals surface area contributed by atoms with Gasteiger partial charge in [0, 0.05) is 35.4 Å². The minimum absolute atomic E-state index is 0.0814. The van der Waals surface area contributed by atoms with E-state index in [-0.39, 0.29) is 23.7 Å². The second kappa shape index (κ2) is 6.17. The summed E-state index contributed by atoms with van der Waals surface area (Å²) in [5.74, 6) is -0.363. The van der Waals surface area contributed by atoms with Crippen molar-refractivity contribution >= 4 is 33.6 Å². The van der Waals surface area contributed by atoms with Gasteiger partial charge >= 0.3 is 0 Å². The van der Waals surface area contributed by atoms with Crippen LogP contribution >= 0.6 is 11.3 Å². The number of nitrogens with one attached hydrogen (secondary N) is 2. The van der Waals surface area contributed by atoms with E-state index in [4.69, 9.17) is 0 Å². The molecule has 0 saturated heterocycles. The van der Waals surface area contributed by atoms with E-state index in [0.29, 0.717) is 11.7 Å². The van der Waals surface area contributed by atoms with Crippen LogP contribution in [0.4, 0.5) is 11.4 Å². The van der Waals surface area contributed by atoms with Crippen LogP contribution in [0.25, 0.3) is 4.96 Å². The zero-order valence-electron chi connectivity index (χ0n) is 13.1. The van der Waals surface area contributed by atoms with Gasteiger partial charge in [-0.1, -0.05) is 0 Å². The number of hydrogen-bond donors (Lipinski definition) is 2. The highest BCUT2D eigenvalue weighted by Gasteiger charge is 2.25. The molecule has 2 heterocycles. The number of nitrogens with zero attached hydrogens (tertiary/aromatic N) is 3. The van der Waals surface area contributed by atoms with E-state index in [0.717, 1.165) is 23.5 Å². The Bertz CT molecular complexity index is 931. The van der Waals surface area contributed by atoms with Gasteiger partial charge in [0.25, 0.3) is 11.6 Å². The molecule has 3 aromatic rings. The van der Waals surface area contributed by atoms with Crippen LogP contribution in [0.1, 0.15) is 28.9 Å². The third kappa shape index (κ3) is 3.31. The molecule has 9 heteroatoms. The lowest BCUT2D eigenvalue weighted by Gasteiger charge is -2.08. The molecule has 1 fully saturated rings. The molecule has 0 unspecified atom stereocenters. The highest BCUT2D eigenvalue weighted by molar-refractivity contribution is 7.15. The van der Waals surface area contributed by atoms with E-state index >= 15 is 0 Å². The van der Waals surface area contributed by atoms with Gasteiger partial charge in [0.1, 0.15) is 5.69 Å². The number of imidazole rings is 1. The van der Waals surface area contributed by atoms with Gasteiger partial charge in [-0.2, -0.15) is 0 Å². The van der Waals surface area contributed by atoms with Gasteiger partial charge in [0.05, 0.1) is 17.2 Å². The summed E-state index contributed by atoms with van der Waals surface area (Å²) in [5, 5.41) is 19.1. The van der Waals surface area contributed by atoms with E-state index in [1.54, 1.807) is 12.1 Å². The first kappa shape index (κ1) is 15.6. The SMILES string of the molecule is O=C(NCc1cn2ccsc2n1)c1ccc(NC2CC2)c([N+](=O)[O-])c1. The first-order valence-corrected chi connectivity index (χ1v) is 8.72. The van der Waals surface area contributed by atoms with Crippen LogP contribution < -0.4 is 10.6 Å². The number of thiazole rings is 1. The molecule has 1 saturated carbocycles. The van der Waals surface area contributed by atoms with Crippen molar-refractivity contribution in [2.45, 2.75) is 25.4 Å². The molecule has 0 atom stereocenters. The fourth-order valence-corrected chi connectivity index (χ4v) is 3.25. The third-order valence-corrected chi connectivity index (χ3v) is 4.74. The monoisotopic (exact) mass is 357 g/mol. The maximum Gasteiger partial charge on any atom is 0.293 e. The molecule has 0 radical (unpaired) electrons. The fourth-order valence-electron chi connectivity index (χ4n) is 2.53. The Morgan fingerprint density at radius 1 is 1.44 bits per heavy atom. The van der Waals surface area contributed by atoms with Crippen molar-refractivity contribution in [1.29, 1.82) is 0 Å². The van der Waals surface area contributed by atoms with Crippen LogP contribution in [0.3, 0.4) is 0 Å². The second-order valence-corrected chi connectivity index (χ2v) is 6.79. The highest BCUT2D eigenvalue weighted by atomic mass is 32.1. The van der Waals surface area contributed by atoms with E-state index in [1.165, 1.54) is 17.4 Å². The predicted octanol–water partition coefficient (Wildman–Crippen LogP) is 2.81. The molecule has 0 bridgehead atoms. The summed E-state index contributed by atoms with van der Waals surface area (Å²) in [6.07, 6.45) is 5.77. The summed E-state index contributed by atoms with van der Waals surface area (Å²) in [5.41, 5.74) is 1.37. The molecule has 2 aromatic heterocycles. The average molecular weight is 357 g/mol. The van der Waals surface area contributed by atoms with Crippen molar-refractivity contribution in [3.63, 3.8) is 0 Å². The molecular weight excluding hydrogens is 342 g/mol. The third-order valence-electron chi connectivity index (χ3n) is 3.97. The summed E-state index contributed by atoms with van der Waals surface area (Å²) >= 11 is 1.51. The Kier molecular flexibility index (Phi) is 3.85. The number of hydrogen-bond acceptors (Lipinski definition) is 6. The zero-order valence-corrected chi connectivity index (χ0v) is 14.0. The molecular formula is C16H15N5O3S. The molecule has 1 aromatic carbocycles. The number of aromatic nitrogens is 2. The first-order chi connectivity index (χ1) is 12.1. The molecule has 2 N–H and O–H groups in total. The molecule has 128 valence electrons. The number of nitro groups is 1. The van der Waals surface area contributed by atoms with E-state index < -0.39 is 4.92 Å². The number of anilines is 1. The first-order valence-electron chi connectivity index (χ1n) is 7.84. The summed E-state index contributed by atoms with van der Waals surface area (Å²) in [6, 6.07) is 4.80. The predicted molar refractivity (Wildman–Crippen MR) is 94.0 cm³/mol. The quantitative estimate of drug-likeness (QED) is 0.522. The van der Waals surface area contributed by atoms with Gasteiger partial charge in [-0.3, -0.25) is 19.3 Å². The van der Waals surface area contributed by atoms with Gasteiger partial charge in [0.15, 0.2) is 4.96 Å². The number of carbonyl (C=O) groups excluding carboxylic acids is 1. The van der Waals surface area contributed by atoms with E-state index in [2.05, 4.69) is 15.6 Å². The number of fused-ring (bicyclic) bond motifs is 1. The van der Waals surface area contributed by atoms with Crippen LogP contribution in [0.15, 0.2) is 36.0 Å². The second-order valence-electron chi connectivity index (χ2n) is 5.92. The van der Waals surface area contributed by atoms with Crippen molar-refractivity contribution in [3.8, 4) is 0 Å². The average Bonchev–Trinajstić information content (AvgIpc) is 3.15. The molecule has 25 heavy (non-hydrogen) atoms. The highest BCUT2D eigenvalue weighted by Crippen LogP contribution is 2.31. The lowest BCUT2D eigenvalue weighted by molar-refractivity contribution is -0.384. The Hall–Kier alpha value is -2.94. The van der Waals surface area contributed by atoms with Gasteiger partial charge < -0.3 is 10.6 Å². The van der Waals surface area contributed by atoms with Crippen molar-refractivity contribution in [2.75, 3.05) is 5.32 Å². The van der Waals surface area contributed by atoms with Gasteiger partial charge in [-0.25, -0.2) is 4.98 Å². The minimum Gasteiger partial charge on any atom is -0.377 e. The standard InChI is InChI=1S/C16H15N5O3S/c22-15(17-8-12-9-20-5-6-25-16(20)19-12)10-1-4-13(18-11-2-3-11)14(7-10)21(23)24/h1,4-7,9,11,18H,2-3,8H2,(H,17,22). The molecule has 1 amide bonds. The van der Waals surface area contributed by atoms with Gasteiger partial charge in [-0.15, -0.1) is 11.3 Å². The van der Waals surface area contributed by atoms with E-state index in [9.17, 15) is 14.9 Å². The van der Waals surface area contributed by atoms with Crippen LogP contribution in [0, 0.1) is 10.1 Å². The number of benzene rings is 1. The Morgan fingerprint density at radius 3 is 3.00 bits per heavy atom. The van der Waals surface area contributed by atoms with Crippen molar-refractivity contribution < 1.29 is 9.72 Å². The summed E-state index contributed by atoms with van der Waals surface area (Å²) in [6.45, 7) is 0.267. The van der Waals surface area contributed by atoms with Gasteiger partial charge in [0.2, 0.25) is 0 Å². The topological polar surface area (TPSA) is 102 Å². The summed E-state index contributed by atoms with van der Waals surface area (Å²) in [4.78, 5) is 28.4. The van der Waals surface area contributed by atoms with Gasteiger partial charge in [-0.05, 0) is 25.0 Å². The fraction of sp³-hybridized carbons (Fsp3) is 0.250. The van der Waals surface area contributed by atoms with Crippen LogP contribution in [-0.2, 0) is 6.54 Å². The summed E-state index contributed by atoms with van der Waals surface area (Å²) < 4.78 is 1.88. The van der Waals surface area contributed by atoms with Crippen molar-refractivity contribution in [1.82, 2.24) is 14.7 Å². The number of rotatable bonds is 6. The lowest BCUT2D eigenvalue weighted by Crippen LogP contribution is -2.23. The van der Waals surface area contributed by atoms with Crippen molar-refractivity contribution in [2.24, 2.45) is 0 Å².